The molecule has 4 aromatic rings. The summed E-state index contributed by atoms with van der Waals surface area (Å²) in [7, 11) is 0. The van der Waals surface area contributed by atoms with Gasteiger partial charge in [-0.05, 0) is 65.8 Å². The van der Waals surface area contributed by atoms with Gasteiger partial charge in [0.15, 0.2) is 5.76 Å². The zero-order chi connectivity index (χ0) is 30.3. The van der Waals surface area contributed by atoms with Crippen molar-refractivity contribution in [2.45, 2.75) is 38.5 Å². The molecule has 1 amide bonds. The van der Waals surface area contributed by atoms with E-state index in [1.807, 2.05) is 37.3 Å². The number of rotatable bonds is 14. The number of aromatic nitrogens is 2. The lowest BCUT2D eigenvalue weighted by molar-refractivity contribution is -0.168. The predicted octanol–water partition coefficient (Wildman–Crippen LogP) is 4.84. The number of para-hydroxylation sites is 2. The zero-order valence-electron chi connectivity index (χ0n) is 25.0. The number of aliphatic hydroxyl groups excluding tert-OH is 1. The minimum atomic E-state index is -0.629. The number of imidazole rings is 1. The third-order valence-corrected chi connectivity index (χ3v) is 8.24. The molecule has 0 radical (unpaired) electrons. The number of nitrogens with zero attached hydrogens (tertiary/aromatic N) is 1. The smallest absolute Gasteiger partial charge is 0.286 e. The van der Waals surface area contributed by atoms with Crippen molar-refractivity contribution >= 4 is 16.9 Å². The largest absolute Gasteiger partial charge is 0.459 e. The van der Waals surface area contributed by atoms with Gasteiger partial charge in [0.05, 0.1) is 44.0 Å². The number of H-pyrrole nitrogens is 1. The van der Waals surface area contributed by atoms with E-state index in [9.17, 15) is 4.79 Å². The van der Waals surface area contributed by atoms with E-state index in [0.717, 1.165) is 17.5 Å². The highest BCUT2D eigenvalue weighted by Crippen LogP contribution is 2.45. The second kappa shape index (κ2) is 14.2. The van der Waals surface area contributed by atoms with E-state index in [1.54, 1.807) is 0 Å². The number of hydrogen-bond donors (Lipinski definition) is 3. The fraction of sp³-hybridized carbons (Fsp3) is 0.371. The Morgan fingerprint density at radius 3 is 2.64 bits per heavy atom. The Labute approximate surface area is 257 Å². The average molecular weight is 598 g/mol. The van der Waals surface area contributed by atoms with Crippen LogP contribution in [0.4, 0.5) is 0 Å². The second-order valence-corrected chi connectivity index (χ2v) is 11.0. The van der Waals surface area contributed by atoms with Crippen molar-refractivity contribution in [2.24, 2.45) is 5.92 Å². The van der Waals surface area contributed by atoms with Crippen molar-refractivity contribution in [2.75, 3.05) is 39.6 Å². The van der Waals surface area contributed by atoms with Crippen LogP contribution < -0.4 is 5.32 Å². The van der Waals surface area contributed by atoms with Crippen molar-refractivity contribution in [1.29, 1.82) is 0 Å². The molecule has 0 fully saturated rings. The number of benzene rings is 3. The normalized spacial score (nSPS) is 18.9. The van der Waals surface area contributed by atoms with Gasteiger partial charge in [-0.3, -0.25) is 4.79 Å². The van der Waals surface area contributed by atoms with Crippen LogP contribution in [0.1, 0.15) is 41.8 Å². The topological polar surface area (TPSA) is 115 Å². The van der Waals surface area contributed by atoms with Crippen LogP contribution in [-0.2, 0) is 36.7 Å². The first kappa shape index (κ1) is 30.0. The molecule has 3 aromatic carbocycles. The third kappa shape index (κ3) is 6.56. The van der Waals surface area contributed by atoms with E-state index in [0.29, 0.717) is 45.3 Å². The van der Waals surface area contributed by atoms with Crippen molar-refractivity contribution in [3.63, 3.8) is 0 Å². The van der Waals surface area contributed by atoms with E-state index in [1.165, 1.54) is 27.8 Å². The molecule has 1 aliphatic carbocycles. The van der Waals surface area contributed by atoms with E-state index < -0.39 is 6.29 Å². The Bertz CT molecular complexity index is 1580. The Morgan fingerprint density at radius 1 is 1.00 bits per heavy atom. The summed E-state index contributed by atoms with van der Waals surface area (Å²) in [5.74, 6) is 0.380. The number of aromatic amines is 1. The van der Waals surface area contributed by atoms with Crippen LogP contribution in [-0.4, -0.2) is 66.9 Å². The summed E-state index contributed by atoms with van der Waals surface area (Å²) in [6, 6.07) is 22.7. The molecule has 0 unspecified atom stereocenters. The maximum atomic E-state index is 13.6. The van der Waals surface area contributed by atoms with Crippen LogP contribution in [0.3, 0.4) is 0 Å². The third-order valence-electron chi connectivity index (χ3n) is 8.24. The first-order chi connectivity index (χ1) is 21.7. The van der Waals surface area contributed by atoms with Crippen LogP contribution >= 0.6 is 0 Å². The quantitative estimate of drug-likeness (QED) is 0.157. The average Bonchev–Trinajstić information content (AvgIpc) is 3.65. The van der Waals surface area contributed by atoms with Crippen molar-refractivity contribution in [3.8, 4) is 11.1 Å². The molecule has 2 heterocycles. The molecule has 3 N–H and O–H groups in total. The SMILES string of the molecule is CCO[C@@H]1OC(C(=O)NCc2nc3ccccc3[nH]2)=C[C@H](c2cccc3c2Cc2ccccc2-3)[C@H]1CCOCCOCCO. The summed E-state index contributed by atoms with van der Waals surface area (Å²) in [6.45, 7) is 4.22. The van der Waals surface area contributed by atoms with Crippen LogP contribution in [0.15, 0.2) is 78.6 Å². The van der Waals surface area contributed by atoms with Crippen molar-refractivity contribution in [1.82, 2.24) is 15.3 Å². The number of ether oxygens (including phenoxy) is 4. The van der Waals surface area contributed by atoms with Gasteiger partial charge in [0, 0.05) is 25.0 Å². The maximum absolute atomic E-state index is 13.6. The van der Waals surface area contributed by atoms with Gasteiger partial charge in [-0.25, -0.2) is 4.98 Å². The number of allylic oxidation sites excluding steroid dienone is 1. The molecule has 44 heavy (non-hydrogen) atoms. The molecule has 3 atom stereocenters. The minimum absolute atomic E-state index is 0.0110. The highest BCUT2D eigenvalue weighted by Gasteiger charge is 2.39. The summed E-state index contributed by atoms with van der Waals surface area (Å²) < 4.78 is 23.7. The summed E-state index contributed by atoms with van der Waals surface area (Å²) in [5, 5.41) is 11.9. The summed E-state index contributed by atoms with van der Waals surface area (Å²) in [4.78, 5) is 21.4. The van der Waals surface area contributed by atoms with Crippen LogP contribution in [0.5, 0.6) is 0 Å². The zero-order valence-corrected chi connectivity index (χ0v) is 25.0. The van der Waals surface area contributed by atoms with Gasteiger partial charge in [-0.15, -0.1) is 0 Å². The van der Waals surface area contributed by atoms with Crippen molar-refractivity contribution < 1.29 is 28.8 Å². The van der Waals surface area contributed by atoms with E-state index in [4.69, 9.17) is 24.1 Å². The number of hydrogen-bond acceptors (Lipinski definition) is 7. The van der Waals surface area contributed by atoms with Gasteiger partial charge in [0.1, 0.15) is 5.82 Å². The molecule has 9 nitrogen and oxygen atoms in total. The first-order valence-electron chi connectivity index (χ1n) is 15.3. The number of fused-ring (bicyclic) bond motifs is 4. The molecule has 0 saturated carbocycles. The summed E-state index contributed by atoms with van der Waals surface area (Å²) in [6.07, 6.45) is 2.83. The Balaban J connectivity index is 1.26. The molecule has 0 saturated heterocycles. The number of nitrogens with one attached hydrogen (secondary N) is 2. The first-order valence-corrected chi connectivity index (χ1v) is 15.3. The lowest BCUT2D eigenvalue weighted by atomic mass is 9.78. The summed E-state index contributed by atoms with van der Waals surface area (Å²) in [5.41, 5.74) is 8.02. The van der Waals surface area contributed by atoms with Crippen LogP contribution in [0, 0.1) is 5.92 Å². The monoisotopic (exact) mass is 597 g/mol. The predicted molar refractivity (Wildman–Crippen MR) is 167 cm³/mol. The minimum Gasteiger partial charge on any atom is -0.459 e. The molecule has 1 aliphatic heterocycles. The maximum Gasteiger partial charge on any atom is 0.286 e. The van der Waals surface area contributed by atoms with Gasteiger partial charge >= 0.3 is 0 Å². The van der Waals surface area contributed by atoms with Crippen LogP contribution in [0.25, 0.3) is 22.2 Å². The van der Waals surface area contributed by atoms with Gasteiger partial charge in [0.25, 0.3) is 5.91 Å². The van der Waals surface area contributed by atoms with Gasteiger partial charge < -0.3 is 34.4 Å². The lowest BCUT2D eigenvalue weighted by Crippen LogP contribution is -2.39. The molecule has 0 bridgehead atoms. The fourth-order valence-corrected chi connectivity index (χ4v) is 6.24. The van der Waals surface area contributed by atoms with Gasteiger partial charge in [-0.2, -0.15) is 0 Å². The number of amides is 1. The molecule has 6 rings (SSSR count). The van der Waals surface area contributed by atoms with E-state index in [2.05, 4.69) is 57.7 Å². The summed E-state index contributed by atoms with van der Waals surface area (Å²) >= 11 is 0. The van der Waals surface area contributed by atoms with Gasteiger partial charge in [-0.1, -0.05) is 54.6 Å². The second-order valence-electron chi connectivity index (χ2n) is 11.0. The highest BCUT2D eigenvalue weighted by molar-refractivity contribution is 5.92. The molecule has 2 aliphatic rings. The van der Waals surface area contributed by atoms with Crippen molar-refractivity contribution in [3.05, 3.63) is 101 Å². The number of carbonyl (C=O) groups is 1. The van der Waals surface area contributed by atoms with Crippen LogP contribution in [0.2, 0.25) is 0 Å². The fourth-order valence-electron chi connectivity index (χ4n) is 6.24. The van der Waals surface area contributed by atoms with E-state index in [-0.39, 0.29) is 36.7 Å². The highest BCUT2D eigenvalue weighted by atomic mass is 16.7. The number of aliphatic hydroxyl groups is 1. The molecule has 1 aromatic heterocycles. The standard InChI is InChI=1S/C35H39N3O6/c1-2-43-35-27(14-16-41-18-19-42-17-15-39)29(26-11-7-10-25-24-9-4-3-8-23(24)20-28(25)26)21-32(44-35)34(40)36-22-33-37-30-12-5-6-13-31(30)38-33/h3-13,21,27,29,35,39H,2,14-20,22H2,1H3,(H,36,40)(H,37,38)/t27-,29-,35-/m1/s1. The molecule has 0 spiro atoms. The Hall–Kier alpha value is -4.02. The van der Waals surface area contributed by atoms with E-state index >= 15 is 0 Å². The molecular formula is C35H39N3O6. The lowest BCUT2D eigenvalue weighted by Gasteiger charge is -2.37. The molecule has 230 valence electrons. The Kier molecular flexibility index (Phi) is 9.67. The van der Waals surface area contributed by atoms with Gasteiger partial charge in [0.2, 0.25) is 6.29 Å². The molecule has 9 heteroatoms. The molecular weight excluding hydrogens is 558 g/mol. The Morgan fingerprint density at radius 2 is 1.80 bits per heavy atom. The number of carbonyl (C=O) groups excluding carboxylic acids is 1.